The van der Waals surface area contributed by atoms with Crippen molar-refractivity contribution in [3.63, 3.8) is 0 Å². The fourth-order valence-electron chi connectivity index (χ4n) is 2.45. The zero-order chi connectivity index (χ0) is 16.3. The number of aromatic nitrogens is 2. The van der Waals surface area contributed by atoms with Crippen LogP contribution in [0.2, 0.25) is 0 Å². The predicted molar refractivity (Wildman–Crippen MR) is 72.1 cm³/mol. The van der Waals surface area contributed by atoms with Crippen molar-refractivity contribution in [3.8, 4) is 0 Å². The number of nitrogens with zero attached hydrogens (tertiary/aromatic N) is 3. The topological polar surface area (TPSA) is 59.2 Å². The third-order valence-corrected chi connectivity index (χ3v) is 3.79. The van der Waals surface area contributed by atoms with E-state index in [-0.39, 0.29) is 37.6 Å². The van der Waals surface area contributed by atoms with Crippen LogP contribution < -0.4 is 0 Å². The van der Waals surface area contributed by atoms with Crippen LogP contribution in [-0.4, -0.2) is 40.2 Å². The second kappa shape index (κ2) is 6.66. The maximum Gasteiger partial charge on any atom is 0.393 e. The average Bonchev–Trinajstić information content (AvgIpc) is 2.93. The third-order valence-electron chi connectivity index (χ3n) is 3.79. The van der Waals surface area contributed by atoms with E-state index in [2.05, 4.69) is 10.1 Å². The number of rotatable bonds is 4. The van der Waals surface area contributed by atoms with Gasteiger partial charge in [0.2, 0.25) is 11.8 Å². The molecule has 1 aromatic heterocycles. The molecule has 2 rings (SSSR count). The molecule has 0 bridgehead atoms. The summed E-state index contributed by atoms with van der Waals surface area (Å²) in [5.74, 6) is -0.666. The van der Waals surface area contributed by atoms with Crippen molar-refractivity contribution in [1.82, 2.24) is 15.0 Å². The second-order valence-electron chi connectivity index (χ2n) is 5.92. The molecule has 5 nitrogen and oxygen atoms in total. The molecular weight excluding hydrogens is 299 g/mol. The van der Waals surface area contributed by atoms with Crippen molar-refractivity contribution in [2.45, 2.75) is 51.6 Å². The maximum atomic E-state index is 12.7. The van der Waals surface area contributed by atoms with E-state index in [1.165, 1.54) is 4.90 Å². The predicted octanol–water partition coefficient (Wildman–Crippen LogP) is 2.93. The van der Waals surface area contributed by atoms with Gasteiger partial charge >= 0.3 is 6.18 Å². The minimum absolute atomic E-state index is 0.0876. The number of amides is 1. The Kier molecular flexibility index (Phi) is 5.08. The normalized spacial score (nSPS) is 19.7. The summed E-state index contributed by atoms with van der Waals surface area (Å²) in [5.41, 5.74) is 0. The fourth-order valence-corrected chi connectivity index (χ4v) is 2.45. The van der Waals surface area contributed by atoms with Crippen molar-refractivity contribution in [1.29, 1.82) is 0 Å². The fraction of sp³-hybridized carbons (Fsp3) is 0.786. The van der Waals surface area contributed by atoms with E-state index in [9.17, 15) is 18.0 Å². The van der Waals surface area contributed by atoms with Crippen molar-refractivity contribution in [2.75, 3.05) is 13.1 Å². The van der Waals surface area contributed by atoms with Crippen molar-refractivity contribution < 1.29 is 22.5 Å². The van der Waals surface area contributed by atoms with Gasteiger partial charge in [0.25, 0.3) is 0 Å². The average molecular weight is 319 g/mol. The molecule has 1 aliphatic rings. The molecule has 1 aromatic rings. The molecule has 0 spiro atoms. The van der Waals surface area contributed by atoms with E-state index in [0.29, 0.717) is 24.7 Å². The van der Waals surface area contributed by atoms with Gasteiger partial charge in [-0.2, -0.15) is 18.2 Å². The molecule has 0 radical (unpaired) electrons. The minimum atomic E-state index is -4.24. The second-order valence-corrected chi connectivity index (χ2v) is 5.92. The van der Waals surface area contributed by atoms with E-state index in [1.54, 1.807) is 0 Å². The minimum Gasteiger partial charge on any atom is -0.342 e. The Morgan fingerprint density at radius 1 is 1.45 bits per heavy atom. The Morgan fingerprint density at radius 2 is 2.18 bits per heavy atom. The van der Waals surface area contributed by atoms with Crippen LogP contribution in [0.5, 0.6) is 0 Å². The van der Waals surface area contributed by atoms with Gasteiger partial charge in [0.05, 0.1) is 5.92 Å². The van der Waals surface area contributed by atoms with E-state index in [4.69, 9.17) is 4.52 Å². The van der Waals surface area contributed by atoms with Crippen LogP contribution in [0.4, 0.5) is 13.2 Å². The molecule has 22 heavy (non-hydrogen) atoms. The van der Waals surface area contributed by atoms with Crippen molar-refractivity contribution >= 4 is 5.91 Å². The molecule has 1 aliphatic heterocycles. The maximum absolute atomic E-state index is 12.7. The summed E-state index contributed by atoms with van der Waals surface area (Å²) in [7, 11) is 0. The number of carbonyl (C=O) groups excluding carboxylic acids is 1. The Balaban J connectivity index is 1.86. The summed E-state index contributed by atoms with van der Waals surface area (Å²) in [5, 5.41) is 3.79. The lowest BCUT2D eigenvalue weighted by Gasteiger charge is -2.33. The largest absolute Gasteiger partial charge is 0.393 e. The number of carbonyl (C=O) groups is 1. The van der Waals surface area contributed by atoms with Gasteiger partial charge in [-0.25, -0.2) is 0 Å². The molecule has 0 N–H and O–H groups in total. The zero-order valence-corrected chi connectivity index (χ0v) is 12.7. The number of hydrogen-bond donors (Lipinski definition) is 0. The van der Waals surface area contributed by atoms with Gasteiger partial charge in [0, 0.05) is 31.8 Å². The molecule has 0 saturated carbocycles. The quantitative estimate of drug-likeness (QED) is 0.856. The molecule has 8 heteroatoms. The van der Waals surface area contributed by atoms with Crippen molar-refractivity contribution in [3.05, 3.63) is 11.7 Å². The SMILES string of the molecule is CC(C)c1noc(CCC(=O)N2CCCC(C(F)(F)F)C2)n1. The molecule has 1 saturated heterocycles. The smallest absolute Gasteiger partial charge is 0.342 e. The lowest BCUT2D eigenvalue weighted by Crippen LogP contribution is -2.44. The van der Waals surface area contributed by atoms with Gasteiger partial charge in [-0.05, 0) is 12.8 Å². The first-order chi connectivity index (χ1) is 10.3. The van der Waals surface area contributed by atoms with Gasteiger partial charge in [-0.1, -0.05) is 19.0 Å². The van der Waals surface area contributed by atoms with Gasteiger partial charge in [-0.15, -0.1) is 0 Å². The molecule has 0 aromatic carbocycles. The molecule has 1 amide bonds. The number of alkyl halides is 3. The molecule has 1 fully saturated rings. The number of halogens is 3. The van der Waals surface area contributed by atoms with E-state index in [0.717, 1.165) is 0 Å². The molecule has 0 aliphatic carbocycles. The highest BCUT2D eigenvalue weighted by atomic mass is 19.4. The van der Waals surface area contributed by atoms with Crippen LogP contribution in [0.15, 0.2) is 4.52 Å². The summed E-state index contributed by atoms with van der Waals surface area (Å²) in [6.45, 7) is 3.98. The molecule has 1 atom stereocenters. The van der Waals surface area contributed by atoms with Gasteiger partial charge in [0.1, 0.15) is 0 Å². The summed E-state index contributed by atoms with van der Waals surface area (Å²) in [6.07, 6.45) is -3.42. The Labute approximate surface area is 126 Å². The van der Waals surface area contributed by atoms with Crippen molar-refractivity contribution in [2.24, 2.45) is 5.92 Å². The van der Waals surface area contributed by atoms with Crippen LogP contribution in [0.25, 0.3) is 0 Å². The summed E-state index contributed by atoms with van der Waals surface area (Å²) >= 11 is 0. The highest BCUT2D eigenvalue weighted by Crippen LogP contribution is 2.33. The van der Waals surface area contributed by atoms with Gasteiger partial charge in [-0.3, -0.25) is 4.79 Å². The van der Waals surface area contributed by atoms with Crippen LogP contribution in [0.1, 0.15) is 50.7 Å². The van der Waals surface area contributed by atoms with Crippen LogP contribution >= 0.6 is 0 Å². The molecule has 2 heterocycles. The number of aryl methyl sites for hydroxylation is 1. The first-order valence-electron chi connectivity index (χ1n) is 7.44. The summed E-state index contributed by atoms with van der Waals surface area (Å²) in [6, 6.07) is 0. The first kappa shape index (κ1) is 16.8. The van der Waals surface area contributed by atoms with E-state index < -0.39 is 12.1 Å². The van der Waals surface area contributed by atoms with Gasteiger partial charge in [0.15, 0.2) is 5.82 Å². The Bertz CT molecular complexity index is 514. The lowest BCUT2D eigenvalue weighted by molar-refractivity contribution is -0.188. The molecule has 124 valence electrons. The van der Waals surface area contributed by atoms with E-state index in [1.807, 2.05) is 13.8 Å². The first-order valence-corrected chi connectivity index (χ1v) is 7.44. The third kappa shape index (κ3) is 4.20. The number of hydrogen-bond acceptors (Lipinski definition) is 4. The molecule has 1 unspecified atom stereocenters. The Morgan fingerprint density at radius 3 is 2.77 bits per heavy atom. The monoisotopic (exact) mass is 319 g/mol. The van der Waals surface area contributed by atoms with Crippen LogP contribution in [0.3, 0.4) is 0 Å². The van der Waals surface area contributed by atoms with E-state index >= 15 is 0 Å². The standard InChI is InChI=1S/C14H20F3N3O2/c1-9(2)13-18-11(22-19-13)5-6-12(21)20-7-3-4-10(8-20)14(15,16)17/h9-10H,3-8H2,1-2H3. The summed E-state index contributed by atoms with van der Waals surface area (Å²) < 4.78 is 43.2. The number of likely N-dealkylation sites (tertiary alicyclic amines) is 1. The highest BCUT2D eigenvalue weighted by Gasteiger charge is 2.42. The lowest BCUT2D eigenvalue weighted by atomic mass is 9.97. The summed E-state index contributed by atoms with van der Waals surface area (Å²) in [4.78, 5) is 17.5. The Hall–Kier alpha value is -1.60. The number of piperidine rings is 1. The molecular formula is C14H20F3N3O2. The van der Waals surface area contributed by atoms with Crippen LogP contribution in [-0.2, 0) is 11.2 Å². The van der Waals surface area contributed by atoms with Crippen LogP contribution in [0, 0.1) is 5.92 Å². The highest BCUT2D eigenvalue weighted by molar-refractivity contribution is 5.76. The zero-order valence-electron chi connectivity index (χ0n) is 12.7. The van der Waals surface area contributed by atoms with Gasteiger partial charge < -0.3 is 9.42 Å².